The highest BCUT2D eigenvalue weighted by Gasteiger charge is 1.94. The van der Waals surface area contributed by atoms with Crippen molar-refractivity contribution in [2.24, 2.45) is 0 Å². The Labute approximate surface area is 51.7 Å². The molecule has 8 heavy (non-hydrogen) atoms. The van der Waals surface area contributed by atoms with Crippen LogP contribution in [0, 0.1) is 11.3 Å². The monoisotopic (exact) mass is 125 g/mol. The molecule has 1 aliphatic rings. The third kappa shape index (κ3) is 1.14. The van der Waals surface area contributed by atoms with Gasteiger partial charge in [0.05, 0.1) is 11.8 Å². The highest BCUT2D eigenvalue weighted by Crippen LogP contribution is 2.31. The Morgan fingerprint density at radius 2 is 2.00 bits per heavy atom. The van der Waals surface area contributed by atoms with Crippen molar-refractivity contribution < 1.29 is 0 Å². The van der Waals surface area contributed by atoms with Gasteiger partial charge in [0.15, 0.2) is 0 Å². The second kappa shape index (κ2) is 2.58. The lowest BCUT2D eigenvalue weighted by Gasteiger charge is -1.99. The maximum atomic E-state index is 8.23. The fourth-order valence-corrected chi connectivity index (χ4v) is 1.67. The van der Waals surface area contributed by atoms with Gasteiger partial charge in [0.25, 0.3) is 0 Å². The summed E-state index contributed by atoms with van der Waals surface area (Å²) < 4.78 is 0. The molecule has 1 rings (SSSR count). The van der Waals surface area contributed by atoms with E-state index in [-0.39, 0.29) is 10.9 Å². The lowest BCUT2D eigenvalue weighted by atomic mass is 10.6. The molecule has 1 nitrogen and oxygen atoms in total. The topological polar surface area (TPSA) is 23.8 Å². The molecule has 0 saturated heterocycles. The van der Waals surface area contributed by atoms with Gasteiger partial charge in [-0.25, -0.2) is 10.9 Å². The predicted octanol–water partition coefficient (Wildman–Crippen LogP) is 1.55. The van der Waals surface area contributed by atoms with Crippen molar-refractivity contribution in [3.8, 4) is 6.07 Å². The SMILES string of the molecule is N#CC[SH]1C=CC=C1. The van der Waals surface area contributed by atoms with E-state index < -0.39 is 0 Å². The second-order valence-electron chi connectivity index (χ2n) is 1.51. The molecular weight excluding hydrogens is 118 g/mol. The summed E-state index contributed by atoms with van der Waals surface area (Å²) in [7, 11) is -0.167. The van der Waals surface area contributed by atoms with Crippen LogP contribution < -0.4 is 0 Å². The molecule has 1 heterocycles. The van der Waals surface area contributed by atoms with Crippen LogP contribution in [0.15, 0.2) is 23.0 Å². The number of thiol groups is 1. The average Bonchev–Trinajstić information content (AvgIpc) is 2.19. The maximum Gasteiger partial charge on any atom is 0.0719 e. The molecule has 42 valence electrons. The van der Waals surface area contributed by atoms with Gasteiger partial charge >= 0.3 is 0 Å². The van der Waals surface area contributed by atoms with Crippen LogP contribution in [0.1, 0.15) is 0 Å². The molecule has 0 aromatic rings. The van der Waals surface area contributed by atoms with Crippen molar-refractivity contribution in [2.45, 2.75) is 0 Å². The Morgan fingerprint density at radius 3 is 2.50 bits per heavy atom. The Balaban J connectivity index is 2.41. The first kappa shape index (κ1) is 5.46. The smallest absolute Gasteiger partial charge is 0.0719 e. The summed E-state index contributed by atoms with van der Waals surface area (Å²) >= 11 is 0. The van der Waals surface area contributed by atoms with E-state index in [1.54, 1.807) is 0 Å². The number of allylic oxidation sites excluding steroid dienone is 2. The zero-order valence-corrected chi connectivity index (χ0v) is 5.31. The zero-order valence-electron chi connectivity index (χ0n) is 4.41. The molecule has 0 spiro atoms. The van der Waals surface area contributed by atoms with Crippen LogP contribution in [0.3, 0.4) is 0 Å². The normalized spacial score (nSPS) is 19.1. The summed E-state index contributed by atoms with van der Waals surface area (Å²) in [6.07, 6.45) is 4.01. The molecule has 0 N–H and O–H groups in total. The highest BCUT2D eigenvalue weighted by molar-refractivity contribution is 8.22. The quantitative estimate of drug-likeness (QED) is 0.528. The van der Waals surface area contributed by atoms with Crippen LogP contribution in [0.5, 0.6) is 0 Å². The lowest BCUT2D eigenvalue weighted by Crippen LogP contribution is -1.71. The molecule has 0 fully saturated rings. The molecule has 2 heteroatoms. The van der Waals surface area contributed by atoms with Crippen molar-refractivity contribution in [3.05, 3.63) is 23.0 Å². The van der Waals surface area contributed by atoms with E-state index >= 15 is 0 Å². The number of hydrogen-bond donors (Lipinski definition) is 1. The Hall–Kier alpha value is -0.680. The minimum absolute atomic E-state index is 0.167. The van der Waals surface area contributed by atoms with Crippen LogP contribution in [0.25, 0.3) is 0 Å². The van der Waals surface area contributed by atoms with E-state index in [0.717, 1.165) is 0 Å². The molecule has 0 amide bonds. The molecule has 0 unspecified atom stereocenters. The van der Waals surface area contributed by atoms with Crippen molar-refractivity contribution >= 4 is 10.9 Å². The summed E-state index contributed by atoms with van der Waals surface area (Å²) in [5.41, 5.74) is 0. The second-order valence-corrected chi connectivity index (χ2v) is 3.45. The first-order chi connectivity index (χ1) is 3.93. The van der Waals surface area contributed by atoms with Gasteiger partial charge in [-0.3, -0.25) is 0 Å². The van der Waals surface area contributed by atoms with E-state index in [4.69, 9.17) is 5.26 Å². The number of nitrogens with zero attached hydrogens (tertiary/aromatic N) is 1. The van der Waals surface area contributed by atoms with E-state index in [0.29, 0.717) is 5.75 Å². The molecule has 0 atom stereocenters. The van der Waals surface area contributed by atoms with E-state index in [1.807, 2.05) is 12.2 Å². The third-order valence-corrected chi connectivity index (χ3v) is 2.54. The van der Waals surface area contributed by atoms with Crippen LogP contribution in [0.2, 0.25) is 0 Å². The van der Waals surface area contributed by atoms with Gasteiger partial charge in [-0.05, 0) is 10.8 Å². The largest absolute Gasteiger partial charge is 0.200 e. The van der Waals surface area contributed by atoms with Crippen molar-refractivity contribution in [3.63, 3.8) is 0 Å². The summed E-state index contributed by atoms with van der Waals surface area (Å²) in [4.78, 5) is 0. The van der Waals surface area contributed by atoms with Crippen molar-refractivity contribution in [2.75, 3.05) is 5.75 Å². The summed E-state index contributed by atoms with van der Waals surface area (Å²) in [5.74, 6) is 0.683. The number of rotatable bonds is 1. The van der Waals surface area contributed by atoms with Gasteiger partial charge in [0.1, 0.15) is 0 Å². The van der Waals surface area contributed by atoms with Gasteiger partial charge in [-0.15, -0.1) is 0 Å². The average molecular weight is 125 g/mol. The maximum absolute atomic E-state index is 8.23. The molecular formula is C6H7NS. The summed E-state index contributed by atoms with van der Waals surface area (Å²) in [6, 6.07) is 2.14. The first-order valence-corrected chi connectivity index (χ1v) is 4.08. The molecule has 0 aliphatic carbocycles. The Morgan fingerprint density at radius 1 is 1.38 bits per heavy atom. The minimum atomic E-state index is -0.167. The molecule has 1 aliphatic heterocycles. The number of nitriles is 1. The van der Waals surface area contributed by atoms with Gasteiger partial charge in [-0.2, -0.15) is 5.26 Å². The molecule has 0 radical (unpaired) electrons. The van der Waals surface area contributed by atoms with E-state index in [2.05, 4.69) is 16.9 Å². The van der Waals surface area contributed by atoms with E-state index in [9.17, 15) is 0 Å². The van der Waals surface area contributed by atoms with Gasteiger partial charge in [0.2, 0.25) is 0 Å². The van der Waals surface area contributed by atoms with Crippen LogP contribution in [-0.4, -0.2) is 5.75 Å². The predicted molar refractivity (Wildman–Crippen MR) is 37.7 cm³/mol. The first-order valence-electron chi connectivity index (χ1n) is 2.41. The fraction of sp³-hybridized carbons (Fsp3) is 0.167. The molecule has 0 bridgehead atoms. The van der Waals surface area contributed by atoms with E-state index in [1.165, 1.54) is 0 Å². The highest BCUT2D eigenvalue weighted by atomic mass is 32.2. The third-order valence-electron chi connectivity index (χ3n) is 0.919. The molecule has 0 saturated carbocycles. The summed E-state index contributed by atoms with van der Waals surface area (Å²) in [6.45, 7) is 0. The molecule has 0 aromatic carbocycles. The Bertz CT molecular complexity index is 152. The zero-order chi connectivity index (χ0) is 5.82. The Kier molecular flexibility index (Phi) is 1.76. The summed E-state index contributed by atoms with van der Waals surface area (Å²) in [5, 5.41) is 12.4. The van der Waals surface area contributed by atoms with Gasteiger partial charge < -0.3 is 0 Å². The van der Waals surface area contributed by atoms with Crippen LogP contribution >= 0.6 is 10.9 Å². The van der Waals surface area contributed by atoms with Gasteiger partial charge in [-0.1, -0.05) is 12.2 Å². The van der Waals surface area contributed by atoms with Gasteiger partial charge in [0, 0.05) is 0 Å². The van der Waals surface area contributed by atoms with Crippen molar-refractivity contribution in [1.82, 2.24) is 0 Å². The fourth-order valence-electron chi connectivity index (χ4n) is 0.557. The standard InChI is InChI=1S/C6H7NS/c7-3-6-8-4-1-2-5-8/h1-2,4-5,8H,6H2. The minimum Gasteiger partial charge on any atom is -0.200 e. The molecule has 0 aromatic heterocycles. The van der Waals surface area contributed by atoms with Crippen LogP contribution in [-0.2, 0) is 0 Å². The van der Waals surface area contributed by atoms with Crippen LogP contribution in [0.4, 0.5) is 0 Å². The number of hydrogen-bond acceptors (Lipinski definition) is 1. The lowest BCUT2D eigenvalue weighted by molar-refractivity contribution is 1.50. The van der Waals surface area contributed by atoms with Crippen molar-refractivity contribution in [1.29, 1.82) is 5.26 Å².